The van der Waals surface area contributed by atoms with Gasteiger partial charge in [0.1, 0.15) is 6.10 Å². The van der Waals surface area contributed by atoms with Crippen molar-refractivity contribution in [2.24, 2.45) is 0 Å². The van der Waals surface area contributed by atoms with Gasteiger partial charge in [0, 0.05) is 11.7 Å². The van der Waals surface area contributed by atoms with Crippen molar-refractivity contribution in [2.45, 2.75) is 44.0 Å². The van der Waals surface area contributed by atoms with Crippen LogP contribution in [0.1, 0.15) is 32.6 Å². The maximum absolute atomic E-state index is 10.7. The van der Waals surface area contributed by atoms with Crippen LogP contribution in [0.3, 0.4) is 0 Å². The Balaban J connectivity index is 2.30. The van der Waals surface area contributed by atoms with Gasteiger partial charge in [-0.2, -0.15) is 12.6 Å². The van der Waals surface area contributed by atoms with Crippen molar-refractivity contribution in [3.8, 4) is 0 Å². The molecule has 0 bridgehead atoms. The van der Waals surface area contributed by atoms with Gasteiger partial charge in [-0.25, -0.2) is 0 Å². The van der Waals surface area contributed by atoms with Gasteiger partial charge in [-0.3, -0.25) is 4.79 Å². The summed E-state index contributed by atoms with van der Waals surface area (Å²) in [4.78, 5) is 10.7. The quantitative estimate of drug-likeness (QED) is 0.521. The first-order valence-corrected chi connectivity index (χ1v) is 4.63. The van der Waals surface area contributed by atoms with Crippen molar-refractivity contribution >= 4 is 18.6 Å². The Labute approximate surface area is 72.7 Å². The lowest BCUT2D eigenvalue weighted by molar-refractivity contribution is -0.141. The largest absolute Gasteiger partial charge is 0.461 e. The summed E-state index contributed by atoms with van der Waals surface area (Å²) in [6, 6.07) is 0. The van der Waals surface area contributed by atoms with Crippen LogP contribution in [0.5, 0.6) is 0 Å². The molecule has 0 aromatic rings. The SMILES string of the molecule is CCCC(S)C1CCC(=O)O1. The highest BCUT2D eigenvalue weighted by Crippen LogP contribution is 2.23. The normalized spacial score (nSPS) is 26.7. The topological polar surface area (TPSA) is 26.3 Å². The Kier molecular flexibility index (Phi) is 3.24. The van der Waals surface area contributed by atoms with Crippen LogP contribution in [0, 0.1) is 0 Å². The standard InChI is InChI=1S/C8H14O2S/c1-2-3-7(11)6-4-5-8(9)10-6/h6-7,11H,2-5H2,1H3. The minimum atomic E-state index is -0.0647. The number of thiol groups is 1. The van der Waals surface area contributed by atoms with Crippen molar-refractivity contribution in [1.82, 2.24) is 0 Å². The molecule has 1 fully saturated rings. The Hall–Kier alpha value is -0.180. The molecule has 1 heterocycles. The molecule has 11 heavy (non-hydrogen) atoms. The second kappa shape index (κ2) is 4.00. The Bertz CT molecular complexity index is 147. The number of carbonyl (C=O) groups is 1. The minimum Gasteiger partial charge on any atom is -0.461 e. The van der Waals surface area contributed by atoms with Gasteiger partial charge in [-0.1, -0.05) is 13.3 Å². The van der Waals surface area contributed by atoms with Crippen molar-refractivity contribution in [3.05, 3.63) is 0 Å². The second-order valence-electron chi connectivity index (χ2n) is 2.92. The average molecular weight is 174 g/mol. The maximum Gasteiger partial charge on any atom is 0.306 e. The summed E-state index contributed by atoms with van der Waals surface area (Å²) in [5.41, 5.74) is 0. The van der Waals surface area contributed by atoms with E-state index in [1.54, 1.807) is 0 Å². The highest BCUT2D eigenvalue weighted by Gasteiger charge is 2.28. The molecule has 2 atom stereocenters. The fraction of sp³-hybridized carbons (Fsp3) is 0.875. The third-order valence-electron chi connectivity index (χ3n) is 1.93. The van der Waals surface area contributed by atoms with Crippen LogP contribution in [0.2, 0.25) is 0 Å². The molecule has 0 aliphatic carbocycles. The average Bonchev–Trinajstić information content (AvgIpc) is 2.36. The number of ether oxygens (including phenoxy) is 1. The molecule has 0 amide bonds. The number of carbonyl (C=O) groups excluding carboxylic acids is 1. The van der Waals surface area contributed by atoms with Crippen molar-refractivity contribution in [3.63, 3.8) is 0 Å². The van der Waals surface area contributed by atoms with Crippen molar-refractivity contribution < 1.29 is 9.53 Å². The van der Waals surface area contributed by atoms with Gasteiger partial charge in [0.2, 0.25) is 0 Å². The summed E-state index contributed by atoms with van der Waals surface area (Å²) < 4.78 is 5.06. The maximum atomic E-state index is 10.7. The molecule has 1 aliphatic heterocycles. The lowest BCUT2D eigenvalue weighted by Crippen LogP contribution is -2.20. The number of hydrogen-bond acceptors (Lipinski definition) is 3. The molecular formula is C8H14O2S. The summed E-state index contributed by atoms with van der Waals surface area (Å²) >= 11 is 4.37. The molecule has 3 heteroatoms. The molecular weight excluding hydrogens is 160 g/mol. The predicted molar refractivity (Wildman–Crippen MR) is 46.8 cm³/mol. The molecule has 0 saturated carbocycles. The van der Waals surface area contributed by atoms with Crippen LogP contribution in [0.4, 0.5) is 0 Å². The molecule has 64 valence electrons. The van der Waals surface area contributed by atoms with Gasteiger partial charge in [-0.15, -0.1) is 0 Å². The first-order chi connectivity index (χ1) is 5.24. The van der Waals surface area contributed by atoms with E-state index in [1.165, 1.54) is 0 Å². The molecule has 0 spiro atoms. The minimum absolute atomic E-state index is 0.0647. The van der Waals surface area contributed by atoms with E-state index < -0.39 is 0 Å². The summed E-state index contributed by atoms with van der Waals surface area (Å²) in [7, 11) is 0. The summed E-state index contributed by atoms with van der Waals surface area (Å²) in [6.45, 7) is 2.11. The number of hydrogen-bond donors (Lipinski definition) is 1. The molecule has 0 aromatic heterocycles. The monoisotopic (exact) mass is 174 g/mol. The first-order valence-electron chi connectivity index (χ1n) is 4.11. The zero-order valence-electron chi connectivity index (χ0n) is 6.75. The Morgan fingerprint density at radius 1 is 1.82 bits per heavy atom. The van der Waals surface area contributed by atoms with E-state index in [9.17, 15) is 4.79 Å². The number of rotatable bonds is 3. The molecule has 0 radical (unpaired) electrons. The molecule has 2 nitrogen and oxygen atoms in total. The van der Waals surface area contributed by atoms with Crippen molar-refractivity contribution in [2.75, 3.05) is 0 Å². The molecule has 1 aliphatic rings. The lowest BCUT2D eigenvalue weighted by Gasteiger charge is -2.15. The molecule has 1 saturated heterocycles. The zero-order chi connectivity index (χ0) is 8.27. The molecule has 0 N–H and O–H groups in total. The second-order valence-corrected chi connectivity index (χ2v) is 3.59. The summed E-state index contributed by atoms with van der Waals surface area (Å²) in [5, 5.41) is 0.242. The van der Waals surface area contributed by atoms with Gasteiger partial charge in [-0.05, 0) is 12.8 Å². The van der Waals surface area contributed by atoms with E-state index in [1.807, 2.05) is 0 Å². The van der Waals surface area contributed by atoms with E-state index in [-0.39, 0.29) is 17.3 Å². The van der Waals surface area contributed by atoms with E-state index in [4.69, 9.17) is 4.74 Å². The number of esters is 1. The fourth-order valence-electron chi connectivity index (χ4n) is 1.30. The number of cyclic esters (lactones) is 1. The molecule has 2 unspecified atom stereocenters. The van der Waals surface area contributed by atoms with Gasteiger partial charge in [0.05, 0.1) is 0 Å². The first kappa shape index (κ1) is 8.91. The van der Waals surface area contributed by atoms with E-state index in [0.29, 0.717) is 6.42 Å². The summed E-state index contributed by atoms with van der Waals surface area (Å²) in [5.74, 6) is -0.0647. The van der Waals surface area contributed by atoms with Crippen LogP contribution in [-0.2, 0) is 9.53 Å². The van der Waals surface area contributed by atoms with E-state index >= 15 is 0 Å². The smallest absolute Gasteiger partial charge is 0.306 e. The zero-order valence-corrected chi connectivity index (χ0v) is 7.64. The van der Waals surface area contributed by atoms with Gasteiger partial charge in [0.15, 0.2) is 0 Å². The van der Waals surface area contributed by atoms with Gasteiger partial charge < -0.3 is 4.74 Å². The van der Waals surface area contributed by atoms with Crippen LogP contribution in [-0.4, -0.2) is 17.3 Å². The van der Waals surface area contributed by atoms with Gasteiger partial charge in [0.25, 0.3) is 0 Å². The van der Waals surface area contributed by atoms with Crippen molar-refractivity contribution in [1.29, 1.82) is 0 Å². The Morgan fingerprint density at radius 2 is 2.55 bits per heavy atom. The third-order valence-corrected chi connectivity index (χ3v) is 2.52. The van der Waals surface area contributed by atoms with E-state index in [0.717, 1.165) is 19.3 Å². The summed E-state index contributed by atoms with van der Waals surface area (Å²) in [6.07, 6.45) is 3.63. The highest BCUT2D eigenvalue weighted by atomic mass is 32.1. The van der Waals surface area contributed by atoms with Crippen LogP contribution >= 0.6 is 12.6 Å². The predicted octanol–water partition coefficient (Wildman–Crippen LogP) is 1.79. The van der Waals surface area contributed by atoms with Crippen LogP contribution in [0.25, 0.3) is 0 Å². The molecule has 1 rings (SSSR count). The van der Waals surface area contributed by atoms with Crippen LogP contribution in [0.15, 0.2) is 0 Å². The van der Waals surface area contributed by atoms with Gasteiger partial charge >= 0.3 is 5.97 Å². The molecule has 0 aromatic carbocycles. The van der Waals surface area contributed by atoms with Crippen LogP contribution < -0.4 is 0 Å². The Morgan fingerprint density at radius 3 is 3.00 bits per heavy atom. The highest BCUT2D eigenvalue weighted by molar-refractivity contribution is 7.81. The lowest BCUT2D eigenvalue weighted by atomic mass is 10.1. The fourth-order valence-corrected chi connectivity index (χ4v) is 1.77. The third kappa shape index (κ3) is 2.40. The van der Waals surface area contributed by atoms with E-state index in [2.05, 4.69) is 19.6 Å².